The molecule has 0 saturated heterocycles. The number of hydrogen-bond donors (Lipinski definition) is 2. The summed E-state index contributed by atoms with van der Waals surface area (Å²) in [5.74, 6) is 2.39. The second kappa shape index (κ2) is 9.52. The quantitative estimate of drug-likeness (QED) is 0.690. The Bertz CT molecular complexity index is 411. The molecule has 1 atom stereocenters. The van der Waals surface area contributed by atoms with Crippen LogP contribution in [0.1, 0.15) is 32.5 Å². The topological polar surface area (TPSA) is 62.3 Å². The molecule has 1 heterocycles. The van der Waals surface area contributed by atoms with Crippen molar-refractivity contribution in [1.82, 2.24) is 14.9 Å². The molecule has 0 aliphatic rings. The first-order valence-corrected chi connectivity index (χ1v) is 7.57. The standard InChI is InChI=1S/C15H29N5O/c1-6-8-16-13-10-14(19-15(18-13)11-21-5)17-12(2)7-9-20(3)4/h10,12H,6-9,11H2,1-5H3,(H2,16,17,18,19). The first-order chi connectivity index (χ1) is 10.0. The van der Waals surface area contributed by atoms with Crippen molar-refractivity contribution in [2.45, 2.75) is 39.3 Å². The van der Waals surface area contributed by atoms with Crippen LogP contribution in [0.15, 0.2) is 6.07 Å². The van der Waals surface area contributed by atoms with E-state index < -0.39 is 0 Å². The zero-order valence-electron chi connectivity index (χ0n) is 13.9. The van der Waals surface area contributed by atoms with Crippen LogP contribution in [0.25, 0.3) is 0 Å². The number of aromatic nitrogens is 2. The van der Waals surface area contributed by atoms with Crippen molar-refractivity contribution < 1.29 is 4.74 Å². The fraction of sp³-hybridized carbons (Fsp3) is 0.733. The van der Waals surface area contributed by atoms with Crippen LogP contribution in [0, 0.1) is 0 Å². The molecule has 6 heteroatoms. The molecule has 0 aliphatic heterocycles. The lowest BCUT2D eigenvalue weighted by Crippen LogP contribution is -2.23. The molecule has 0 amide bonds. The number of nitrogens with one attached hydrogen (secondary N) is 2. The van der Waals surface area contributed by atoms with E-state index in [1.165, 1.54) is 0 Å². The molecule has 0 bridgehead atoms. The maximum Gasteiger partial charge on any atom is 0.158 e. The second-order valence-electron chi connectivity index (χ2n) is 5.55. The highest BCUT2D eigenvalue weighted by molar-refractivity contribution is 5.48. The molecule has 1 unspecified atom stereocenters. The first-order valence-electron chi connectivity index (χ1n) is 7.57. The minimum atomic E-state index is 0.358. The van der Waals surface area contributed by atoms with Crippen LogP contribution < -0.4 is 10.6 Å². The van der Waals surface area contributed by atoms with Crippen LogP contribution in [0.4, 0.5) is 11.6 Å². The van der Waals surface area contributed by atoms with Gasteiger partial charge in [-0.05, 0) is 40.4 Å². The van der Waals surface area contributed by atoms with Gasteiger partial charge in [0.15, 0.2) is 5.82 Å². The maximum atomic E-state index is 5.14. The number of hydrogen-bond acceptors (Lipinski definition) is 6. The van der Waals surface area contributed by atoms with Crippen molar-refractivity contribution in [2.75, 3.05) is 44.9 Å². The zero-order valence-corrected chi connectivity index (χ0v) is 13.9. The number of anilines is 2. The molecular weight excluding hydrogens is 266 g/mol. The van der Waals surface area contributed by atoms with Crippen molar-refractivity contribution in [3.63, 3.8) is 0 Å². The van der Waals surface area contributed by atoms with Crippen molar-refractivity contribution >= 4 is 11.6 Å². The fourth-order valence-corrected chi connectivity index (χ4v) is 1.88. The number of ether oxygens (including phenoxy) is 1. The van der Waals surface area contributed by atoms with Gasteiger partial charge in [-0.3, -0.25) is 0 Å². The maximum absolute atomic E-state index is 5.14. The van der Waals surface area contributed by atoms with E-state index in [0.717, 1.165) is 37.6 Å². The molecule has 1 rings (SSSR count). The van der Waals surface area contributed by atoms with Gasteiger partial charge in [-0.1, -0.05) is 6.92 Å². The molecule has 0 fully saturated rings. The zero-order chi connectivity index (χ0) is 15.7. The summed E-state index contributed by atoms with van der Waals surface area (Å²) >= 11 is 0. The highest BCUT2D eigenvalue weighted by Crippen LogP contribution is 2.14. The van der Waals surface area contributed by atoms with Gasteiger partial charge in [-0.15, -0.1) is 0 Å². The van der Waals surface area contributed by atoms with Gasteiger partial charge in [0.25, 0.3) is 0 Å². The van der Waals surface area contributed by atoms with E-state index in [1.807, 2.05) is 6.07 Å². The minimum absolute atomic E-state index is 0.358. The summed E-state index contributed by atoms with van der Waals surface area (Å²) < 4.78 is 5.14. The Morgan fingerprint density at radius 2 is 2.00 bits per heavy atom. The minimum Gasteiger partial charge on any atom is -0.377 e. The monoisotopic (exact) mass is 295 g/mol. The summed E-state index contributed by atoms with van der Waals surface area (Å²) in [5.41, 5.74) is 0. The lowest BCUT2D eigenvalue weighted by Gasteiger charge is -2.18. The predicted octanol–water partition coefficient (Wildman–Crippen LogP) is 2.20. The van der Waals surface area contributed by atoms with Gasteiger partial charge in [0.1, 0.15) is 18.2 Å². The molecule has 0 spiro atoms. The second-order valence-corrected chi connectivity index (χ2v) is 5.55. The molecule has 2 N–H and O–H groups in total. The van der Waals surface area contributed by atoms with Gasteiger partial charge >= 0.3 is 0 Å². The Morgan fingerprint density at radius 3 is 2.62 bits per heavy atom. The SMILES string of the molecule is CCCNc1cc(NC(C)CCN(C)C)nc(COC)n1. The predicted molar refractivity (Wildman–Crippen MR) is 87.8 cm³/mol. The lowest BCUT2D eigenvalue weighted by atomic mass is 10.2. The van der Waals surface area contributed by atoms with Gasteiger partial charge in [0, 0.05) is 25.8 Å². The average molecular weight is 295 g/mol. The Hall–Kier alpha value is -1.40. The Morgan fingerprint density at radius 1 is 1.29 bits per heavy atom. The van der Waals surface area contributed by atoms with Gasteiger partial charge in [0.2, 0.25) is 0 Å². The summed E-state index contributed by atoms with van der Waals surface area (Å²) in [4.78, 5) is 11.1. The molecule has 0 aromatic carbocycles. The summed E-state index contributed by atoms with van der Waals surface area (Å²) in [5, 5.41) is 6.74. The Labute approximate surface area is 128 Å². The van der Waals surface area contributed by atoms with E-state index in [-0.39, 0.29) is 0 Å². The van der Waals surface area contributed by atoms with Crippen LogP contribution in [0.3, 0.4) is 0 Å². The number of rotatable bonds is 10. The van der Waals surface area contributed by atoms with E-state index in [2.05, 4.69) is 53.4 Å². The van der Waals surface area contributed by atoms with E-state index in [0.29, 0.717) is 18.5 Å². The van der Waals surface area contributed by atoms with E-state index in [9.17, 15) is 0 Å². The van der Waals surface area contributed by atoms with Gasteiger partial charge < -0.3 is 20.3 Å². The third kappa shape index (κ3) is 7.24. The summed E-state index contributed by atoms with van der Waals surface area (Å²) in [6.07, 6.45) is 2.12. The molecule has 0 aliphatic carbocycles. The molecular formula is C15H29N5O. The van der Waals surface area contributed by atoms with Crippen LogP contribution >= 0.6 is 0 Å². The highest BCUT2D eigenvalue weighted by Gasteiger charge is 2.08. The lowest BCUT2D eigenvalue weighted by molar-refractivity contribution is 0.178. The molecule has 0 radical (unpaired) electrons. The molecule has 6 nitrogen and oxygen atoms in total. The first kappa shape index (κ1) is 17.7. The Kier molecular flexibility index (Phi) is 8.00. The van der Waals surface area contributed by atoms with Crippen LogP contribution in [-0.4, -0.2) is 55.2 Å². The largest absolute Gasteiger partial charge is 0.377 e. The van der Waals surface area contributed by atoms with Crippen molar-refractivity contribution in [1.29, 1.82) is 0 Å². The van der Waals surface area contributed by atoms with E-state index in [4.69, 9.17) is 4.74 Å². The number of nitrogens with zero attached hydrogens (tertiary/aromatic N) is 3. The fourth-order valence-electron chi connectivity index (χ4n) is 1.88. The third-order valence-electron chi connectivity index (χ3n) is 3.01. The van der Waals surface area contributed by atoms with Gasteiger partial charge in [-0.25, -0.2) is 9.97 Å². The smallest absolute Gasteiger partial charge is 0.158 e. The van der Waals surface area contributed by atoms with E-state index in [1.54, 1.807) is 7.11 Å². The summed E-state index contributed by atoms with van der Waals surface area (Å²) in [7, 11) is 5.82. The summed E-state index contributed by atoms with van der Waals surface area (Å²) in [6.45, 7) is 6.67. The molecule has 1 aromatic heterocycles. The van der Waals surface area contributed by atoms with Gasteiger partial charge in [0.05, 0.1) is 0 Å². The van der Waals surface area contributed by atoms with Gasteiger partial charge in [-0.2, -0.15) is 0 Å². The molecule has 21 heavy (non-hydrogen) atoms. The van der Waals surface area contributed by atoms with E-state index >= 15 is 0 Å². The van der Waals surface area contributed by atoms with Crippen LogP contribution in [0.5, 0.6) is 0 Å². The van der Waals surface area contributed by atoms with Crippen molar-refractivity contribution in [2.24, 2.45) is 0 Å². The van der Waals surface area contributed by atoms with Crippen LogP contribution in [-0.2, 0) is 11.3 Å². The van der Waals surface area contributed by atoms with Crippen LogP contribution in [0.2, 0.25) is 0 Å². The molecule has 0 saturated carbocycles. The van der Waals surface area contributed by atoms with Crippen molar-refractivity contribution in [3.8, 4) is 0 Å². The van der Waals surface area contributed by atoms with Crippen molar-refractivity contribution in [3.05, 3.63) is 11.9 Å². The number of methoxy groups -OCH3 is 1. The molecule has 120 valence electrons. The normalized spacial score (nSPS) is 12.5. The Balaban J connectivity index is 2.71. The molecule has 1 aromatic rings. The average Bonchev–Trinajstić information content (AvgIpc) is 2.43. The third-order valence-corrected chi connectivity index (χ3v) is 3.01. The summed E-state index contributed by atoms with van der Waals surface area (Å²) in [6, 6.07) is 2.32. The highest BCUT2D eigenvalue weighted by atomic mass is 16.5.